The van der Waals surface area contributed by atoms with Crippen LogP contribution in [0.4, 0.5) is 4.39 Å². The third-order valence-corrected chi connectivity index (χ3v) is 7.78. The molecule has 0 saturated heterocycles. The second-order valence-electron chi connectivity index (χ2n) is 6.87. The number of ether oxygens (including phenoxy) is 1. The van der Waals surface area contributed by atoms with Crippen molar-refractivity contribution in [3.63, 3.8) is 0 Å². The zero-order valence-electron chi connectivity index (χ0n) is 16.6. The average molecular weight is 448 g/mol. The van der Waals surface area contributed by atoms with Gasteiger partial charge in [-0.1, -0.05) is 23.8 Å². The van der Waals surface area contributed by atoms with Gasteiger partial charge in [0.15, 0.2) is 16.4 Å². The van der Waals surface area contributed by atoms with Crippen LogP contribution in [0.25, 0.3) is 0 Å². The van der Waals surface area contributed by atoms with Crippen molar-refractivity contribution < 1.29 is 22.3 Å². The Labute approximate surface area is 179 Å². The standard InChI is InChI=1S/C22H22FNO4S2/c1-15-5-7-17(8-6-15)28-14-22(25)24-13-21(20-4-3-11-29-20)30(26,27)18-9-10-19(23)16(2)12-18/h3-12,21H,13-14H2,1-2H3,(H,24,25)/t21-/m1/s1. The van der Waals surface area contributed by atoms with Crippen molar-refractivity contribution in [2.75, 3.05) is 13.2 Å². The van der Waals surface area contributed by atoms with E-state index >= 15 is 0 Å². The second-order valence-corrected chi connectivity index (χ2v) is 9.98. The Morgan fingerprint density at radius 1 is 1.13 bits per heavy atom. The van der Waals surface area contributed by atoms with Gasteiger partial charge in [0.05, 0.1) is 4.90 Å². The van der Waals surface area contributed by atoms with Gasteiger partial charge in [0.2, 0.25) is 0 Å². The molecule has 0 saturated carbocycles. The fraction of sp³-hybridized carbons (Fsp3) is 0.227. The van der Waals surface area contributed by atoms with Crippen LogP contribution in [0.1, 0.15) is 21.3 Å². The van der Waals surface area contributed by atoms with Gasteiger partial charge in [-0.15, -0.1) is 11.3 Å². The van der Waals surface area contributed by atoms with E-state index in [1.165, 1.54) is 30.4 Å². The number of nitrogens with one attached hydrogen (secondary N) is 1. The maximum atomic E-state index is 13.6. The summed E-state index contributed by atoms with van der Waals surface area (Å²) in [4.78, 5) is 12.9. The number of rotatable bonds is 8. The fourth-order valence-electron chi connectivity index (χ4n) is 2.84. The highest BCUT2D eigenvalue weighted by Gasteiger charge is 2.31. The van der Waals surface area contributed by atoms with E-state index in [1.807, 2.05) is 19.1 Å². The van der Waals surface area contributed by atoms with Crippen LogP contribution >= 0.6 is 11.3 Å². The van der Waals surface area contributed by atoms with E-state index in [2.05, 4.69) is 5.32 Å². The van der Waals surface area contributed by atoms with Gasteiger partial charge in [0.25, 0.3) is 5.91 Å². The minimum absolute atomic E-state index is 0.0185. The first-order chi connectivity index (χ1) is 14.3. The van der Waals surface area contributed by atoms with Gasteiger partial charge < -0.3 is 10.1 Å². The molecule has 1 N–H and O–H groups in total. The largest absolute Gasteiger partial charge is 0.484 e. The smallest absolute Gasteiger partial charge is 0.257 e. The molecule has 2 aromatic carbocycles. The Kier molecular flexibility index (Phi) is 6.89. The fourth-order valence-corrected chi connectivity index (χ4v) is 5.70. The lowest BCUT2D eigenvalue weighted by Gasteiger charge is -2.18. The zero-order valence-corrected chi connectivity index (χ0v) is 18.2. The molecule has 0 spiro atoms. The number of carbonyl (C=O) groups is 1. The van der Waals surface area contributed by atoms with Gasteiger partial charge in [-0.3, -0.25) is 4.79 Å². The van der Waals surface area contributed by atoms with Crippen LogP contribution in [-0.2, 0) is 14.6 Å². The summed E-state index contributed by atoms with van der Waals surface area (Å²) in [5, 5.41) is 3.44. The van der Waals surface area contributed by atoms with Crippen LogP contribution in [-0.4, -0.2) is 27.5 Å². The van der Waals surface area contributed by atoms with Crippen LogP contribution in [0.2, 0.25) is 0 Å². The van der Waals surface area contributed by atoms with Gasteiger partial charge in [0, 0.05) is 11.4 Å². The highest BCUT2D eigenvalue weighted by atomic mass is 32.2. The number of carbonyl (C=O) groups excluding carboxylic acids is 1. The van der Waals surface area contributed by atoms with E-state index in [4.69, 9.17) is 4.74 Å². The molecule has 0 unspecified atom stereocenters. The zero-order chi connectivity index (χ0) is 21.7. The minimum Gasteiger partial charge on any atom is -0.484 e. The molecule has 0 aliphatic heterocycles. The molecule has 0 radical (unpaired) electrons. The van der Waals surface area contributed by atoms with Crippen LogP contribution < -0.4 is 10.1 Å². The second kappa shape index (κ2) is 9.40. The molecule has 1 aromatic heterocycles. The Bertz CT molecular complexity index is 1110. The molecule has 30 heavy (non-hydrogen) atoms. The molecular weight excluding hydrogens is 425 g/mol. The molecule has 3 aromatic rings. The van der Waals surface area contributed by atoms with Crippen molar-refractivity contribution in [1.29, 1.82) is 0 Å². The highest BCUT2D eigenvalue weighted by molar-refractivity contribution is 7.91. The molecule has 1 heterocycles. The Morgan fingerprint density at radius 3 is 2.50 bits per heavy atom. The first-order valence-corrected chi connectivity index (χ1v) is 11.7. The Balaban J connectivity index is 1.72. The normalized spacial score (nSPS) is 12.4. The predicted octanol–water partition coefficient (Wildman–Crippen LogP) is 4.21. The quantitative estimate of drug-likeness (QED) is 0.525. The molecule has 1 atom stereocenters. The first-order valence-electron chi connectivity index (χ1n) is 9.27. The van der Waals surface area contributed by atoms with E-state index in [9.17, 15) is 17.6 Å². The number of aryl methyl sites for hydroxylation is 2. The van der Waals surface area contributed by atoms with Gasteiger partial charge in [-0.25, -0.2) is 12.8 Å². The summed E-state index contributed by atoms with van der Waals surface area (Å²) in [7, 11) is -3.84. The molecular formula is C22H22FNO4S2. The number of halogens is 1. The lowest BCUT2D eigenvalue weighted by molar-refractivity contribution is -0.123. The molecule has 8 heteroatoms. The summed E-state index contributed by atoms with van der Waals surface area (Å²) >= 11 is 1.29. The predicted molar refractivity (Wildman–Crippen MR) is 115 cm³/mol. The van der Waals surface area contributed by atoms with E-state index in [0.29, 0.717) is 10.6 Å². The number of sulfone groups is 1. The van der Waals surface area contributed by atoms with E-state index < -0.39 is 26.8 Å². The maximum absolute atomic E-state index is 13.6. The van der Waals surface area contributed by atoms with Crippen LogP contribution in [0.15, 0.2) is 64.9 Å². The molecule has 0 aliphatic rings. The lowest BCUT2D eigenvalue weighted by atomic mass is 10.2. The number of hydrogen-bond donors (Lipinski definition) is 1. The van der Waals surface area contributed by atoms with Crippen molar-refractivity contribution >= 4 is 27.1 Å². The van der Waals surface area contributed by atoms with E-state index in [1.54, 1.807) is 29.6 Å². The first kappa shape index (κ1) is 22.0. The molecule has 158 valence electrons. The Hall–Kier alpha value is -2.71. The summed E-state index contributed by atoms with van der Waals surface area (Å²) in [6.07, 6.45) is 0. The van der Waals surface area contributed by atoms with Crippen molar-refractivity contribution in [2.24, 2.45) is 0 Å². The molecule has 0 bridgehead atoms. The van der Waals surface area contributed by atoms with Gasteiger partial charge >= 0.3 is 0 Å². The van der Waals surface area contributed by atoms with Crippen LogP contribution in [0.5, 0.6) is 5.75 Å². The monoisotopic (exact) mass is 447 g/mol. The van der Waals surface area contributed by atoms with Crippen molar-refractivity contribution in [3.8, 4) is 5.75 Å². The van der Waals surface area contributed by atoms with Crippen LogP contribution in [0.3, 0.4) is 0 Å². The third kappa shape index (κ3) is 5.25. The summed E-state index contributed by atoms with van der Waals surface area (Å²) in [5.74, 6) is -0.342. The number of amides is 1. The van der Waals surface area contributed by atoms with Crippen molar-refractivity contribution in [2.45, 2.75) is 24.0 Å². The summed E-state index contributed by atoms with van der Waals surface area (Å²) in [5.41, 5.74) is 1.32. The summed E-state index contributed by atoms with van der Waals surface area (Å²) in [6.45, 7) is 3.12. The third-order valence-electron chi connectivity index (χ3n) is 4.57. The molecule has 0 aliphatic carbocycles. The SMILES string of the molecule is Cc1ccc(OCC(=O)NC[C@H](c2cccs2)S(=O)(=O)c2ccc(F)c(C)c2)cc1. The van der Waals surface area contributed by atoms with E-state index in [-0.39, 0.29) is 23.6 Å². The van der Waals surface area contributed by atoms with Gasteiger partial charge in [-0.2, -0.15) is 0 Å². The molecule has 1 amide bonds. The van der Waals surface area contributed by atoms with Crippen molar-refractivity contribution in [3.05, 3.63) is 81.8 Å². The van der Waals surface area contributed by atoms with Gasteiger partial charge in [-0.05, 0) is 61.2 Å². The van der Waals surface area contributed by atoms with E-state index in [0.717, 1.165) is 11.6 Å². The maximum Gasteiger partial charge on any atom is 0.257 e. The number of hydrogen-bond acceptors (Lipinski definition) is 5. The average Bonchev–Trinajstić information content (AvgIpc) is 3.24. The molecule has 5 nitrogen and oxygen atoms in total. The number of benzene rings is 2. The van der Waals surface area contributed by atoms with Crippen LogP contribution in [0, 0.1) is 19.7 Å². The van der Waals surface area contributed by atoms with Gasteiger partial charge in [0.1, 0.15) is 16.8 Å². The summed E-state index contributed by atoms with van der Waals surface area (Å²) < 4.78 is 45.5. The topological polar surface area (TPSA) is 72.5 Å². The molecule has 3 rings (SSSR count). The summed E-state index contributed by atoms with van der Waals surface area (Å²) in [6, 6.07) is 14.4. The minimum atomic E-state index is -3.84. The van der Waals surface area contributed by atoms with Crippen molar-refractivity contribution in [1.82, 2.24) is 5.32 Å². The number of thiophene rings is 1. The lowest BCUT2D eigenvalue weighted by Crippen LogP contribution is -2.34. The highest BCUT2D eigenvalue weighted by Crippen LogP contribution is 2.32. The molecule has 0 fully saturated rings. The Morgan fingerprint density at radius 2 is 1.87 bits per heavy atom.